The Hall–Kier alpha value is -4.40. The summed E-state index contributed by atoms with van der Waals surface area (Å²) in [6, 6.07) is 24.6. The lowest BCUT2D eigenvalue weighted by Crippen LogP contribution is -2.53. The van der Waals surface area contributed by atoms with Crippen molar-refractivity contribution in [2.45, 2.75) is 46.3 Å². The van der Waals surface area contributed by atoms with E-state index in [4.69, 9.17) is 0 Å². The molecule has 2 heterocycles. The monoisotopic (exact) mass is 550 g/mol. The number of aromatic nitrogens is 2. The molecule has 5 rings (SSSR count). The first-order valence-corrected chi connectivity index (χ1v) is 13.1. The van der Waals surface area contributed by atoms with E-state index in [1.807, 2.05) is 94.4 Å². The third-order valence-corrected chi connectivity index (χ3v) is 6.13. The maximum atomic E-state index is 13.2. The van der Waals surface area contributed by atoms with Crippen LogP contribution in [0.3, 0.4) is 0 Å². The number of halogens is 3. The van der Waals surface area contributed by atoms with Crippen molar-refractivity contribution in [3.8, 4) is 5.69 Å². The van der Waals surface area contributed by atoms with Crippen molar-refractivity contribution in [3.63, 3.8) is 0 Å². The van der Waals surface area contributed by atoms with Gasteiger partial charge in [-0.25, -0.2) is 4.68 Å². The average Bonchev–Trinajstić information content (AvgIpc) is 3.31. The molecule has 0 bridgehead atoms. The van der Waals surface area contributed by atoms with Crippen molar-refractivity contribution in [1.82, 2.24) is 15.1 Å². The lowest BCUT2D eigenvalue weighted by atomic mass is 9.99. The SMILES string of the molecule is CC.CCN1C(=O)C(NC(=O)c2cccc(C(F)(F)F)c2)Cc2c(C)nn(-c3ccccc3)c21.c1ccccc1. The Morgan fingerprint density at radius 2 is 1.52 bits per heavy atom. The van der Waals surface area contributed by atoms with Crippen LogP contribution in [-0.2, 0) is 17.4 Å². The number of carbonyl (C=O) groups excluding carboxylic acids is 2. The number of para-hydroxylation sites is 1. The summed E-state index contributed by atoms with van der Waals surface area (Å²) in [5.41, 5.74) is 1.25. The molecule has 0 fully saturated rings. The molecule has 1 aliphatic rings. The van der Waals surface area contributed by atoms with Gasteiger partial charge in [0.15, 0.2) is 0 Å². The number of rotatable bonds is 4. The molecule has 0 radical (unpaired) electrons. The highest BCUT2D eigenvalue weighted by Crippen LogP contribution is 2.33. The maximum absolute atomic E-state index is 13.2. The molecule has 2 amide bonds. The van der Waals surface area contributed by atoms with E-state index in [1.54, 1.807) is 9.58 Å². The van der Waals surface area contributed by atoms with E-state index in [0.717, 1.165) is 23.4 Å². The van der Waals surface area contributed by atoms with E-state index < -0.39 is 23.7 Å². The molecule has 0 saturated carbocycles. The molecule has 1 atom stereocenters. The second-order valence-electron chi connectivity index (χ2n) is 8.68. The number of carbonyl (C=O) groups is 2. The summed E-state index contributed by atoms with van der Waals surface area (Å²) in [6.07, 6.45) is -4.36. The largest absolute Gasteiger partial charge is 0.416 e. The molecule has 3 aromatic carbocycles. The van der Waals surface area contributed by atoms with E-state index in [2.05, 4.69) is 10.4 Å². The van der Waals surface area contributed by atoms with Crippen molar-refractivity contribution in [1.29, 1.82) is 0 Å². The van der Waals surface area contributed by atoms with Crippen LogP contribution in [0.4, 0.5) is 19.0 Å². The van der Waals surface area contributed by atoms with Gasteiger partial charge >= 0.3 is 6.18 Å². The molecule has 40 heavy (non-hydrogen) atoms. The van der Waals surface area contributed by atoms with Crippen LogP contribution in [0.1, 0.15) is 48.0 Å². The minimum absolute atomic E-state index is 0.154. The van der Waals surface area contributed by atoms with Crippen molar-refractivity contribution < 1.29 is 22.8 Å². The first-order valence-electron chi connectivity index (χ1n) is 13.1. The van der Waals surface area contributed by atoms with E-state index in [-0.39, 0.29) is 17.9 Å². The number of nitrogens with one attached hydrogen (secondary N) is 1. The standard InChI is InChI=1S/C23H21F3N4O2.C6H6.C2H6/c1-3-29-21-18(14(2)28-30(21)17-10-5-4-6-11-17)13-19(22(29)32)27-20(31)15-8-7-9-16(12-15)23(24,25)26;1-2-4-6-5-3-1;1-2/h4-12,19H,3,13H2,1-2H3,(H,27,31);1-6H;1-2H3. The molecule has 1 N–H and O–H groups in total. The van der Waals surface area contributed by atoms with Gasteiger partial charge in [0.25, 0.3) is 11.8 Å². The number of anilines is 1. The highest BCUT2D eigenvalue weighted by atomic mass is 19.4. The predicted octanol–water partition coefficient (Wildman–Crippen LogP) is 6.62. The summed E-state index contributed by atoms with van der Waals surface area (Å²) >= 11 is 0. The number of likely N-dealkylation sites (N-methyl/N-ethyl adjacent to an activating group) is 1. The summed E-state index contributed by atoms with van der Waals surface area (Å²) < 4.78 is 40.7. The summed E-state index contributed by atoms with van der Waals surface area (Å²) in [4.78, 5) is 27.4. The Kier molecular flexibility index (Phi) is 10.2. The van der Waals surface area contributed by atoms with Crippen molar-refractivity contribution in [2.75, 3.05) is 11.4 Å². The summed E-state index contributed by atoms with van der Waals surface area (Å²) in [6.45, 7) is 7.99. The average molecular weight is 551 g/mol. The quantitative estimate of drug-likeness (QED) is 0.311. The lowest BCUT2D eigenvalue weighted by molar-refractivity contribution is -0.137. The molecular formula is C31H33F3N4O2. The second-order valence-corrected chi connectivity index (χ2v) is 8.68. The number of amides is 2. The van der Waals surface area contributed by atoms with Gasteiger partial charge in [-0.3, -0.25) is 14.5 Å². The summed E-state index contributed by atoms with van der Waals surface area (Å²) in [5.74, 6) is -0.426. The van der Waals surface area contributed by atoms with Crippen LogP contribution in [0.5, 0.6) is 0 Å². The molecular weight excluding hydrogens is 517 g/mol. The summed E-state index contributed by atoms with van der Waals surface area (Å²) in [7, 11) is 0. The van der Waals surface area contributed by atoms with Gasteiger partial charge in [-0.1, -0.05) is 74.5 Å². The van der Waals surface area contributed by atoms with Gasteiger partial charge in [0.05, 0.1) is 16.9 Å². The lowest BCUT2D eigenvalue weighted by Gasteiger charge is -2.32. The Balaban J connectivity index is 0.000000481. The molecule has 0 saturated heterocycles. The van der Waals surface area contributed by atoms with Gasteiger partial charge in [0, 0.05) is 24.1 Å². The zero-order valence-corrected chi connectivity index (χ0v) is 22.9. The van der Waals surface area contributed by atoms with Gasteiger partial charge in [-0.15, -0.1) is 0 Å². The minimum atomic E-state index is -4.56. The van der Waals surface area contributed by atoms with Crippen LogP contribution >= 0.6 is 0 Å². The van der Waals surface area contributed by atoms with E-state index in [9.17, 15) is 22.8 Å². The Morgan fingerprint density at radius 3 is 2.08 bits per heavy atom. The molecule has 1 aromatic heterocycles. The van der Waals surface area contributed by atoms with Crippen LogP contribution < -0.4 is 10.2 Å². The third kappa shape index (κ3) is 6.97. The number of alkyl halides is 3. The fraction of sp³-hybridized carbons (Fsp3) is 0.258. The van der Waals surface area contributed by atoms with Crippen LogP contribution in [0.15, 0.2) is 91.0 Å². The topological polar surface area (TPSA) is 67.2 Å². The number of hydrogen-bond donors (Lipinski definition) is 1. The van der Waals surface area contributed by atoms with Crippen molar-refractivity contribution in [3.05, 3.63) is 113 Å². The van der Waals surface area contributed by atoms with Gasteiger partial charge in [-0.2, -0.15) is 18.3 Å². The summed E-state index contributed by atoms with van der Waals surface area (Å²) in [5, 5.41) is 7.20. The highest BCUT2D eigenvalue weighted by Gasteiger charge is 2.38. The second kappa shape index (κ2) is 13.6. The number of benzene rings is 3. The van der Waals surface area contributed by atoms with E-state index in [1.165, 1.54) is 12.1 Å². The van der Waals surface area contributed by atoms with Crippen molar-refractivity contribution in [2.24, 2.45) is 0 Å². The molecule has 4 aromatic rings. The van der Waals surface area contributed by atoms with Gasteiger partial charge in [0.1, 0.15) is 11.9 Å². The zero-order valence-electron chi connectivity index (χ0n) is 22.9. The van der Waals surface area contributed by atoms with Crippen LogP contribution in [0.25, 0.3) is 5.69 Å². The van der Waals surface area contributed by atoms with Crippen molar-refractivity contribution >= 4 is 17.6 Å². The molecule has 0 aliphatic carbocycles. The molecule has 1 unspecified atom stereocenters. The van der Waals surface area contributed by atoms with Crippen LogP contribution in [-0.4, -0.2) is 34.2 Å². The van der Waals surface area contributed by atoms with Gasteiger partial charge < -0.3 is 5.32 Å². The normalized spacial score (nSPS) is 14.2. The minimum Gasteiger partial charge on any atom is -0.340 e. The number of nitrogens with zero attached hydrogens (tertiary/aromatic N) is 3. The van der Waals surface area contributed by atoms with Gasteiger partial charge in [-0.05, 0) is 44.2 Å². The molecule has 0 spiro atoms. The Morgan fingerprint density at radius 1 is 0.950 bits per heavy atom. The van der Waals surface area contributed by atoms with E-state index >= 15 is 0 Å². The van der Waals surface area contributed by atoms with Crippen LogP contribution in [0, 0.1) is 6.92 Å². The Bertz CT molecular complexity index is 1380. The first kappa shape index (κ1) is 30.1. The first-order chi connectivity index (χ1) is 19.2. The number of fused-ring (bicyclic) bond motifs is 1. The fourth-order valence-corrected chi connectivity index (χ4v) is 4.28. The maximum Gasteiger partial charge on any atom is 0.416 e. The molecule has 9 heteroatoms. The van der Waals surface area contributed by atoms with E-state index in [0.29, 0.717) is 18.1 Å². The number of aryl methyl sites for hydroxylation is 1. The Labute approximate surface area is 232 Å². The van der Waals surface area contributed by atoms with Gasteiger partial charge in [0.2, 0.25) is 0 Å². The third-order valence-electron chi connectivity index (χ3n) is 6.13. The fourth-order valence-electron chi connectivity index (χ4n) is 4.28. The molecule has 1 aliphatic heterocycles. The molecule has 210 valence electrons. The number of hydrogen-bond acceptors (Lipinski definition) is 3. The zero-order chi connectivity index (χ0) is 29.3. The van der Waals surface area contributed by atoms with Crippen LogP contribution in [0.2, 0.25) is 0 Å². The smallest absolute Gasteiger partial charge is 0.340 e. The predicted molar refractivity (Wildman–Crippen MR) is 151 cm³/mol. The molecule has 6 nitrogen and oxygen atoms in total. The highest BCUT2D eigenvalue weighted by molar-refractivity contribution is 6.04.